The van der Waals surface area contributed by atoms with E-state index in [0.29, 0.717) is 0 Å². The standard InChI is InChI=1S/C12H14ClIN4/c1-18-7-8(6-16-18)4-12(17-15)9-2-3-11(14)10(13)5-9/h2-3,5-7,12,17H,4,15H2,1H3. The van der Waals surface area contributed by atoms with Gasteiger partial charge in [-0.05, 0) is 52.3 Å². The van der Waals surface area contributed by atoms with E-state index in [1.165, 1.54) is 0 Å². The van der Waals surface area contributed by atoms with Crippen molar-refractivity contribution >= 4 is 34.2 Å². The van der Waals surface area contributed by atoms with Crippen molar-refractivity contribution in [3.8, 4) is 0 Å². The number of rotatable bonds is 4. The molecule has 1 unspecified atom stereocenters. The van der Waals surface area contributed by atoms with Gasteiger partial charge in [-0.15, -0.1) is 0 Å². The van der Waals surface area contributed by atoms with Crippen LogP contribution < -0.4 is 11.3 Å². The van der Waals surface area contributed by atoms with Gasteiger partial charge in [0.2, 0.25) is 0 Å². The molecule has 0 spiro atoms. The number of hydrogen-bond donors (Lipinski definition) is 2. The Morgan fingerprint density at radius 3 is 2.89 bits per heavy atom. The van der Waals surface area contributed by atoms with Crippen LogP contribution in [0.4, 0.5) is 0 Å². The fraction of sp³-hybridized carbons (Fsp3) is 0.250. The van der Waals surface area contributed by atoms with Gasteiger partial charge < -0.3 is 0 Å². The number of aryl methyl sites for hydroxylation is 1. The van der Waals surface area contributed by atoms with Gasteiger partial charge in [0, 0.05) is 16.8 Å². The quantitative estimate of drug-likeness (QED) is 0.489. The molecular formula is C12H14ClIN4. The van der Waals surface area contributed by atoms with Crippen molar-refractivity contribution < 1.29 is 0 Å². The molecule has 96 valence electrons. The van der Waals surface area contributed by atoms with Crippen LogP contribution in [0.25, 0.3) is 0 Å². The Balaban J connectivity index is 2.19. The first-order chi connectivity index (χ1) is 8.60. The minimum Gasteiger partial charge on any atom is -0.276 e. The minimum atomic E-state index is 0.0312. The molecule has 0 fully saturated rings. The molecule has 0 aliphatic heterocycles. The van der Waals surface area contributed by atoms with Gasteiger partial charge in [0.05, 0.1) is 17.3 Å². The zero-order chi connectivity index (χ0) is 13.1. The van der Waals surface area contributed by atoms with Crippen LogP contribution in [0.2, 0.25) is 5.02 Å². The van der Waals surface area contributed by atoms with Crippen LogP contribution in [0.1, 0.15) is 17.2 Å². The maximum absolute atomic E-state index is 6.13. The summed E-state index contributed by atoms with van der Waals surface area (Å²) in [6, 6.07) is 6.01. The summed E-state index contributed by atoms with van der Waals surface area (Å²) in [4.78, 5) is 0. The highest BCUT2D eigenvalue weighted by Gasteiger charge is 2.12. The second kappa shape index (κ2) is 6.01. The second-order valence-electron chi connectivity index (χ2n) is 4.12. The molecular weight excluding hydrogens is 363 g/mol. The Hall–Kier alpha value is -0.630. The summed E-state index contributed by atoms with van der Waals surface area (Å²) >= 11 is 8.34. The highest BCUT2D eigenvalue weighted by atomic mass is 127. The Kier molecular flexibility index (Phi) is 4.60. The van der Waals surface area contributed by atoms with E-state index in [-0.39, 0.29) is 6.04 Å². The van der Waals surface area contributed by atoms with Gasteiger partial charge in [-0.3, -0.25) is 16.0 Å². The first kappa shape index (κ1) is 13.8. The van der Waals surface area contributed by atoms with E-state index in [4.69, 9.17) is 17.4 Å². The molecule has 1 atom stereocenters. The maximum Gasteiger partial charge on any atom is 0.0542 e. The van der Waals surface area contributed by atoms with Gasteiger partial charge in [0.25, 0.3) is 0 Å². The van der Waals surface area contributed by atoms with E-state index >= 15 is 0 Å². The van der Waals surface area contributed by atoms with E-state index in [1.54, 1.807) is 4.68 Å². The number of hydrogen-bond acceptors (Lipinski definition) is 3. The van der Waals surface area contributed by atoms with Gasteiger partial charge in [0.1, 0.15) is 0 Å². The van der Waals surface area contributed by atoms with Gasteiger partial charge in [-0.2, -0.15) is 5.10 Å². The number of halogens is 2. The third kappa shape index (κ3) is 3.23. The third-order valence-corrected chi connectivity index (χ3v) is 4.32. The lowest BCUT2D eigenvalue weighted by atomic mass is 10.0. The fourth-order valence-corrected chi connectivity index (χ4v) is 2.34. The van der Waals surface area contributed by atoms with Crippen LogP contribution in [-0.4, -0.2) is 9.78 Å². The summed E-state index contributed by atoms with van der Waals surface area (Å²) in [6.45, 7) is 0. The molecule has 4 nitrogen and oxygen atoms in total. The summed E-state index contributed by atoms with van der Waals surface area (Å²) in [7, 11) is 1.90. The number of hydrazine groups is 1. The van der Waals surface area contributed by atoms with Crippen molar-refractivity contribution in [2.24, 2.45) is 12.9 Å². The molecule has 0 saturated carbocycles. The molecule has 6 heteroatoms. The SMILES string of the molecule is Cn1cc(CC(NN)c2ccc(I)c(Cl)c2)cn1. The Labute approximate surface area is 125 Å². The summed E-state index contributed by atoms with van der Waals surface area (Å²) < 4.78 is 2.82. The monoisotopic (exact) mass is 376 g/mol. The molecule has 0 aliphatic carbocycles. The van der Waals surface area contributed by atoms with E-state index in [0.717, 1.165) is 26.1 Å². The number of benzene rings is 1. The van der Waals surface area contributed by atoms with E-state index < -0.39 is 0 Å². The molecule has 0 radical (unpaired) electrons. The third-order valence-electron chi connectivity index (χ3n) is 2.75. The molecule has 0 amide bonds. The highest BCUT2D eigenvalue weighted by molar-refractivity contribution is 14.1. The highest BCUT2D eigenvalue weighted by Crippen LogP contribution is 2.24. The van der Waals surface area contributed by atoms with E-state index in [1.807, 2.05) is 37.6 Å². The predicted octanol–water partition coefficient (Wildman–Crippen LogP) is 2.43. The fourth-order valence-electron chi connectivity index (χ4n) is 1.82. The summed E-state index contributed by atoms with van der Waals surface area (Å²) in [5, 5.41) is 4.90. The first-order valence-electron chi connectivity index (χ1n) is 5.48. The summed E-state index contributed by atoms with van der Waals surface area (Å²) in [5.74, 6) is 5.63. The van der Waals surface area contributed by atoms with E-state index in [9.17, 15) is 0 Å². The van der Waals surface area contributed by atoms with Crippen molar-refractivity contribution in [2.45, 2.75) is 12.5 Å². The van der Waals surface area contributed by atoms with Crippen molar-refractivity contribution in [1.29, 1.82) is 0 Å². The molecule has 1 aromatic carbocycles. The Bertz CT molecular complexity index is 541. The van der Waals surface area contributed by atoms with Crippen LogP contribution in [0.15, 0.2) is 30.6 Å². The van der Waals surface area contributed by atoms with Gasteiger partial charge in [-0.1, -0.05) is 17.7 Å². The van der Waals surface area contributed by atoms with Crippen molar-refractivity contribution in [2.75, 3.05) is 0 Å². The number of nitrogens with two attached hydrogens (primary N) is 1. The Morgan fingerprint density at radius 2 is 2.33 bits per heavy atom. The maximum atomic E-state index is 6.13. The van der Waals surface area contributed by atoms with Crippen molar-refractivity contribution in [3.05, 3.63) is 50.3 Å². The zero-order valence-electron chi connectivity index (χ0n) is 9.90. The van der Waals surface area contributed by atoms with Crippen molar-refractivity contribution in [3.63, 3.8) is 0 Å². The zero-order valence-corrected chi connectivity index (χ0v) is 12.8. The molecule has 1 aromatic heterocycles. The summed E-state index contributed by atoms with van der Waals surface area (Å²) in [6.07, 6.45) is 4.61. The van der Waals surface area contributed by atoms with Crippen LogP contribution in [0.3, 0.4) is 0 Å². The average Bonchev–Trinajstić information content (AvgIpc) is 2.75. The number of nitrogens with one attached hydrogen (secondary N) is 1. The molecule has 1 heterocycles. The molecule has 3 N–H and O–H groups in total. The number of nitrogens with zero attached hydrogens (tertiary/aromatic N) is 2. The van der Waals surface area contributed by atoms with Crippen LogP contribution >= 0.6 is 34.2 Å². The molecule has 0 bridgehead atoms. The lowest BCUT2D eigenvalue weighted by Gasteiger charge is -2.16. The normalized spacial score (nSPS) is 12.7. The molecule has 2 rings (SSSR count). The van der Waals surface area contributed by atoms with Gasteiger partial charge in [-0.25, -0.2) is 0 Å². The van der Waals surface area contributed by atoms with Crippen molar-refractivity contribution in [1.82, 2.24) is 15.2 Å². The lowest BCUT2D eigenvalue weighted by molar-refractivity contribution is 0.551. The van der Waals surface area contributed by atoms with E-state index in [2.05, 4.69) is 33.1 Å². The minimum absolute atomic E-state index is 0.0312. The largest absolute Gasteiger partial charge is 0.276 e. The smallest absolute Gasteiger partial charge is 0.0542 e. The topological polar surface area (TPSA) is 55.9 Å². The molecule has 0 saturated heterocycles. The van der Waals surface area contributed by atoms with Gasteiger partial charge in [0.15, 0.2) is 0 Å². The molecule has 18 heavy (non-hydrogen) atoms. The molecule has 0 aliphatic rings. The summed E-state index contributed by atoms with van der Waals surface area (Å²) in [5.41, 5.74) is 5.03. The first-order valence-corrected chi connectivity index (χ1v) is 6.94. The van der Waals surface area contributed by atoms with Crippen LogP contribution in [0, 0.1) is 3.57 Å². The molecule has 2 aromatic rings. The average molecular weight is 377 g/mol. The predicted molar refractivity (Wildman–Crippen MR) is 81.1 cm³/mol. The lowest BCUT2D eigenvalue weighted by Crippen LogP contribution is -2.29. The number of aromatic nitrogens is 2. The second-order valence-corrected chi connectivity index (χ2v) is 5.69. The Morgan fingerprint density at radius 1 is 1.56 bits per heavy atom. The van der Waals surface area contributed by atoms with Crippen LogP contribution in [-0.2, 0) is 13.5 Å². The van der Waals surface area contributed by atoms with Crippen LogP contribution in [0.5, 0.6) is 0 Å². The van der Waals surface area contributed by atoms with Gasteiger partial charge >= 0.3 is 0 Å².